The van der Waals surface area contributed by atoms with Crippen molar-refractivity contribution in [2.75, 3.05) is 12.4 Å². The number of para-hydroxylation sites is 1. The second kappa shape index (κ2) is 6.36. The molecule has 1 aromatic heterocycles. The number of methoxy groups -OCH3 is 1. The maximum atomic E-state index is 5.18. The van der Waals surface area contributed by atoms with Crippen molar-refractivity contribution in [3.05, 3.63) is 64.3 Å². The summed E-state index contributed by atoms with van der Waals surface area (Å²) in [5.74, 6) is 0.873. The summed E-state index contributed by atoms with van der Waals surface area (Å²) >= 11 is 3.57. The fourth-order valence-corrected chi connectivity index (χ4v) is 2.88. The van der Waals surface area contributed by atoms with Crippen molar-refractivity contribution in [3.63, 3.8) is 0 Å². The van der Waals surface area contributed by atoms with Crippen LogP contribution in [0.15, 0.2) is 53.0 Å². The molecule has 1 heterocycles. The van der Waals surface area contributed by atoms with Gasteiger partial charge in [-0.1, -0.05) is 24.3 Å². The minimum absolute atomic E-state index is 0.759. The lowest BCUT2D eigenvalue weighted by Crippen LogP contribution is -2.01. The standard InChI is InChI=1S/C18H17BrN2O/c1-12-10-17(15-4-3-5-16(19)18(15)21-12)20-11-13-6-8-14(22-2)9-7-13/h3-10H,11H2,1-2H3,(H,20,21). The number of ether oxygens (including phenoxy) is 1. The topological polar surface area (TPSA) is 34.1 Å². The van der Waals surface area contributed by atoms with Gasteiger partial charge in [0.2, 0.25) is 0 Å². The Morgan fingerprint density at radius 3 is 2.64 bits per heavy atom. The minimum Gasteiger partial charge on any atom is -0.497 e. The molecular formula is C18H17BrN2O. The number of fused-ring (bicyclic) bond motifs is 1. The molecule has 0 aliphatic rings. The summed E-state index contributed by atoms with van der Waals surface area (Å²) in [5, 5.41) is 4.63. The van der Waals surface area contributed by atoms with Gasteiger partial charge >= 0.3 is 0 Å². The van der Waals surface area contributed by atoms with E-state index >= 15 is 0 Å². The average Bonchev–Trinajstić information content (AvgIpc) is 2.54. The Morgan fingerprint density at radius 2 is 1.91 bits per heavy atom. The number of aryl methyl sites for hydroxylation is 1. The Bertz CT molecular complexity index is 800. The summed E-state index contributed by atoms with van der Waals surface area (Å²) in [4.78, 5) is 4.61. The van der Waals surface area contributed by atoms with E-state index in [0.29, 0.717) is 0 Å². The van der Waals surface area contributed by atoms with Crippen LogP contribution in [0, 0.1) is 6.92 Å². The van der Waals surface area contributed by atoms with Crippen molar-refractivity contribution in [2.45, 2.75) is 13.5 Å². The van der Waals surface area contributed by atoms with Gasteiger partial charge in [0.15, 0.2) is 0 Å². The van der Waals surface area contributed by atoms with Gasteiger partial charge in [-0.25, -0.2) is 0 Å². The second-order valence-electron chi connectivity index (χ2n) is 5.15. The molecule has 0 saturated heterocycles. The molecule has 0 radical (unpaired) electrons. The third kappa shape index (κ3) is 3.07. The van der Waals surface area contributed by atoms with Crippen LogP contribution >= 0.6 is 15.9 Å². The van der Waals surface area contributed by atoms with Gasteiger partial charge in [0.05, 0.1) is 12.6 Å². The van der Waals surface area contributed by atoms with Crippen LogP contribution < -0.4 is 10.1 Å². The quantitative estimate of drug-likeness (QED) is 0.719. The average molecular weight is 357 g/mol. The normalized spacial score (nSPS) is 10.7. The number of hydrogen-bond donors (Lipinski definition) is 1. The molecule has 0 atom stereocenters. The highest BCUT2D eigenvalue weighted by atomic mass is 79.9. The van der Waals surface area contributed by atoms with Gasteiger partial charge in [-0.3, -0.25) is 4.98 Å². The largest absolute Gasteiger partial charge is 0.497 e. The molecule has 0 bridgehead atoms. The van der Waals surface area contributed by atoms with Crippen molar-refractivity contribution < 1.29 is 4.74 Å². The van der Waals surface area contributed by atoms with Crippen LogP contribution in [0.25, 0.3) is 10.9 Å². The number of halogens is 1. The maximum Gasteiger partial charge on any atom is 0.118 e. The molecule has 2 aromatic carbocycles. The molecule has 0 unspecified atom stereocenters. The zero-order valence-electron chi connectivity index (χ0n) is 12.6. The number of nitrogens with zero attached hydrogens (tertiary/aromatic N) is 1. The zero-order chi connectivity index (χ0) is 15.5. The molecule has 0 spiro atoms. The number of pyridine rings is 1. The molecule has 0 amide bonds. The molecule has 3 rings (SSSR count). The number of nitrogens with one attached hydrogen (secondary N) is 1. The molecule has 0 fully saturated rings. The maximum absolute atomic E-state index is 5.18. The van der Waals surface area contributed by atoms with Gasteiger partial charge < -0.3 is 10.1 Å². The molecule has 1 N–H and O–H groups in total. The lowest BCUT2D eigenvalue weighted by molar-refractivity contribution is 0.414. The number of anilines is 1. The number of benzene rings is 2. The Hall–Kier alpha value is -2.07. The van der Waals surface area contributed by atoms with Crippen LogP contribution in [0.5, 0.6) is 5.75 Å². The van der Waals surface area contributed by atoms with Gasteiger partial charge in [0.1, 0.15) is 5.75 Å². The predicted octanol–water partition coefficient (Wildman–Crippen LogP) is 4.93. The molecule has 3 nitrogen and oxygen atoms in total. The van der Waals surface area contributed by atoms with E-state index in [1.54, 1.807) is 7.11 Å². The van der Waals surface area contributed by atoms with E-state index < -0.39 is 0 Å². The summed E-state index contributed by atoms with van der Waals surface area (Å²) in [6.07, 6.45) is 0. The van der Waals surface area contributed by atoms with E-state index in [0.717, 1.165) is 39.1 Å². The monoisotopic (exact) mass is 356 g/mol. The Kier molecular flexibility index (Phi) is 4.29. The highest BCUT2D eigenvalue weighted by Crippen LogP contribution is 2.29. The van der Waals surface area contributed by atoms with Crippen LogP contribution in [0.3, 0.4) is 0 Å². The summed E-state index contributed by atoms with van der Waals surface area (Å²) in [6, 6.07) is 16.3. The third-order valence-electron chi connectivity index (χ3n) is 3.56. The first-order chi connectivity index (χ1) is 10.7. The van der Waals surface area contributed by atoms with E-state index in [-0.39, 0.29) is 0 Å². The van der Waals surface area contributed by atoms with Crippen molar-refractivity contribution in [3.8, 4) is 5.75 Å². The Labute approximate surface area is 138 Å². The van der Waals surface area contributed by atoms with Gasteiger partial charge in [-0.15, -0.1) is 0 Å². The van der Waals surface area contributed by atoms with Crippen LogP contribution in [-0.2, 0) is 6.54 Å². The van der Waals surface area contributed by atoms with Crippen LogP contribution in [0.2, 0.25) is 0 Å². The molecule has 22 heavy (non-hydrogen) atoms. The van der Waals surface area contributed by atoms with Gasteiger partial charge in [-0.2, -0.15) is 0 Å². The highest BCUT2D eigenvalue weighted by molar-refractivity contribution is 9.10. The summed E-state index contributed by atoms with van der Waals surface area (Å²) in [6.45, 7) is 2.77. The number of rotatable bonds is 4. The van der Waals surface area contributed by atoms with E-state index in [1.165, 1.54) is 5.56 Å². The van der Waals surface area contributed by atoms with Crippen molar-refractivity contribution >= 4 is 32.5 Å². The van der Waals surface area contributed by atoms with Gasteiger partial charge in [0.25, 0.3) is 0 Å². The fraction of sp³-hybridized carbons (Fsp3) is 0.167. The second-order valence-corrected chi connectivity index (χ2v) is 6.00. The van der Waals surface area contributed by atoms with Gasteiger partial charge in [-0.05, 0) is 52.7 Å². The van der Waals surface area contributed by atoms with Crippen molar-refractivity contribution in [2.24, 2.45) is 0 Å². The molecular weight excluding hydrogens is 340 g/mol. The zero-order valence-corrected chi connectivity index (χ0v) is 14.1. The minimum atomic E-state index is 0.759. The summed E-state index contributed by atoms with van der Waals surface area (Å²) in [7, 11) is 1.68. The first-order valence-electron chi connectivity index (χ1n) is 7.10. The summed E-state index contributed by atoms with van der Waals surface area (Å²) in [5.41, 5.74) is 4.29. The Morgan fingerprint density at radius 1 is 1.14 bits per heavy atom. The lowest BCUT2D eigenvalue weighted by atomic mass is 10.1. The Balaban J connectivity index is 1.88. The SMILES string of the molecule is COc1ccc(CNc2cc(C)nc3c(Br)cccc23)cc1. The predicted molar refractivity (Wildman–Crippen MR) is 94.5 cm³/mol. The van der Waals surface area contributed by atoms with Crippen LogP contribution in [0.1, 0.15) is 11.3 Å². The van der Waals surface area contributed by atoms with Crippen LogP contribution in [-0.4, -0.2) is 12.1 Å². The third-order valence-corrected chi connectivity index (χ3v) is 4.20. The first kappa shape index (κ1) is 14.9. The molecule has 0 saturated carbocycles. The van der Waals surface area contributed by atoms with E-state index in [9.17, 15) is 0 Å². The van der Waals surface area contributed by atoms with Crippen LogP contribution in [0.4, 0.5) is 5.69 Å². The van der Waals surface area contributed by atoms with E-state index in [2.05, 4.69) is 50.5 Å². The van der Waals surface area contributed by atoms with E-state index in [4.69, 9.17) is 4.74 Å². The van der Waals surface area contributed by atoms with E-state index in [1.807, 2.05) is 31.2 Å². The lowest BCUT2D eigenvalue weighted by Gasteiger charge is -2.12. The van der Waals surface area contributed by atoms with Crippen molar-refractivity contribution in [1.29, 1.82) is 0 Å². The van der Waals surface area contributed by atoms with Crippen molar-refractivity contribution in [1.82, 2.24) is 4.98 Å². The molecule has 0 aliphatic heterocycles. The number of hydrogen-bond acceptors (Lipinski definition) is 3. The first-order valence-corrected chi connectivity index (χ1v) is 7.89. The molecule has 3 aromatic rings. The molecule has 0 aliphatic carbocycles. The molecule has 112 valence electrons. The fourth-order valence-electron chi connectivity index (χ4n) is 2.43. The number of aromatic nitrogens is 1. The smallest absolute Gasteiger partial charge is 0.118 e. The summed E-state index contributed by atoms with van der Waals surface area (Å²) < 4.78 is 6.20. The molecule has 4 heteroatoms. The highest BCUT2D eigenvalue weighted by Gasteiger charge is 2.06. The van der Waals surface area contributed by atoms with Gasteiger partial charge in [0, 0.05) is 27.8 Å².